The first-order valence-corrected chi connectivity index (χ1v) is 7.47. The van der Waals surface area contributed by atoms with E-state index >= 15 is 0 Å². The van der Waals surface area contributed by atoms with Crippen molar-refractivity contribution in [3.63, 3.8) is 0 Å². The van der Waals surface area contributed by atoms with Crippen molar-refractivity contribution >= 4 is 11.5 Å². The van der Waals surface area contributed by atoms with E-state index in [-0.39, 0.29) is 11.4 Å². The predicted octanol–water partition coefficient (Wildman–Crippen LogP) is 3.41. The van der Waals surface area contributed by atoms with Gasteiger partial charge >= 0.3 is 5.97 Å². The average molecular weight is 309 g/mol. The Morgan fingerprint density at radius 3 is 2.96 bits per heavy atom. The molecule has 1 saturated carbocycles. The van der Waals surface area contributed by atoms with E-state index < -0.39 is 5.97 Å². The Bertz CT molecular complexity index is 913. The van der Waals surface area contributed by atoms with Crippen LogP contribution in [0.4, 0.5) is 0 Å². The number of imidazole rings is 1. The lowest BCUT2D eigenvalue weighted by Crippen LogP contribution is -2.08. The minimum Gasteiger partial charge on any atom is -0.477 e. The summed E-state index contributed by atoms with van der Waals surface area (Å²) in [4.78, 5) is 15.6. The molecular weight excluding hydrogens is 294 g/mol. The summed E-state index contributed by atoms with van der Waals surface area (Å²) >= 11 is 0. The molecule has 6 nitrogen and oxygen atoms in total. The van der Waals surface area contributed by atoms with Crippen molar-refractivity contribution in [3.05, 3.63) is 53.5 Å². The van der Waals surface area contributed by atoms with Crippen LogP contribution in [0.3, 0.4) is 0 Å². The normalized spacial score (nSPS) is 14.1. The van der Waals surface area contributed by atoms with E-state index in [1.165, 1.54) is 29.2 Å². The Morgan fingerprint density at radius 2 is 2.22 bits per heavy atom. The van der Waals surface area contributed by atoms with E-state index in [9.17, 15) is 9.90 Å². The number of rotatable bonds is 4. The molecule has 6 heteroatoms. The fraction of sp³-hybridized carbons (Fsp3) is 0.235. The molecule has 116 valence electrons. The Kier molecular flexibility index (Phi) is 3.04. The third-order valence-corrected chi connectivity index (χ3v) is 4.13. The maximum absolute atomic E-state index is 11.6. The second-order valence-electron chi connectivity index (χ2n) is 5.78. The van der Waals surface area contributed by atoms with Gasteiger partial charge in [0.15, 0.2) is 0 Å². The van der Waals surface area contributed by atoms with Gasteiger partial charge in [-0.2, -0.15) is 0 Å². The first kappa shape index (κ1) is 13.8. The number of benzene rings is 1. The number of aromatic carboxylic acids is 1. The molecule has 1 aliphatic rings. The second-order valence-corrected chi connectivity index (χ2v) is 5.78. The molecular formula is C17H15N3O3. The Labute approximate surface area is 132 Å². The molecule has 0 radical (unpaired) electrons. The zero-order chi connectivity index (χ0) is 16.0. The van der Waals surface area contributed by atoms with Gasteiger partial charge in [0.1, 0.15) is 17.6 Å². The topological polar surface area (TPSA) is 76.7 Å². The number of ether oxygens (including phenoxy) is 1. The molecule has 1 N–H and O–H groups in total. The fourth-order valence-electron chi connectivity index (χ4n) is 2.76. The fourth-order valence-corrected chi connectivity index (χ4v) is 2.76. The number of carboxylic acid groups (broad SMARTS) is 1. The molecule has 3 aromatic rings. The van der Waals surface area contributed by atoms with Gasteiger partial charge in [0.2, 0.25) is 0 Å². The highest BCUT2D eigenvalue weighted by Crippen LogP contribution is 2.41. The minimum absolute atomic E-state index is 0.0647. The highest BCUT2D eigenvalue weighted by atomic mass is 16.5. The van der Waals surface area contributed by atoms with Gasteiger partial charge in [-0.05, 0) is 48.9 Å². The predicted molar refractivity (Wildman–Crippen MR) is 83.2 cm³/mol. The number of hydrogen-bond acceptors (Lipinski definition) is 4. The zero-order valence-corrected chi connectivity index (χ0v) is 12.6. The number of carboxylic acids is 1. The first-order valence-electron chi connectivity index (χ1n) is 7.47. The van der Waals surface area contributed by atoms with Gasteiger partial charge in [-0.1, -0.05) is 12.1 Å². The maximum atomic E-state index is 11.6. The van der Waals surface area contributed by atoms with Gasteiger partial charge in [0.25, 0.3) is 5.88 Å². The van der Waals surface area contributed by atoms with Crippen molar-refractivity contribution in [2.24, 2.45) is 0 Å². The minimum atomic E-state index is -1.06. The molecule has 0 atom stereocenters. The van der Waals surface area contributed by atoms with Crippen molar-refractivity contribution in [1.82, 2.24) is 14.6 Å². The summed E-state index contributed by atoms with van der Waals surface area (Å²) in [5, 5.41) is 13.8. The van der Waals surface area contributed by atoms with Crippen LogP contribution in [0.25, 0.3) is 5.52 Å². The smallest absolute Gasteiger partial charge is 0.341 e. The Balaban J connectivity index is 1.79. The molecule has 0 amide bonds. The van der Waals surface area contributed by atoms with Gasteiger partial charge in [-0.15, -0.1) is 5.10 Å². The Hall–Kier alpha value is -2.89. The van der Waals surface area contributed by atoms with Crippen LogP contribution < -0.4 is 4.74 Å². The van der Waals surface area contributed by atoms with E-state index in [2.05, 4.69) is 16.1 Å². The molecule has 2 heterocycles. The standard InChI is InChI=1S/C17H15N3O3/c1-10-14-8-18-9-20(14)19-16(15(10)17(21)22)23-13-4-2-3-12(7-13)11-5-6-11/h2-4,7-9,11H,5-6H2,1H3,(H,21,22). The van der Waals surface area contributed by atoms with Gasteiger partial charge in [-0.25, -0.2) is 14.3 Å². The van der Waals surface area contributed by atoms with Gasteiger partial charge in [0.05, 0.1) is 11.7 Å². The lowest BCUT2D eigenvalue weighted by molar-refractivity contribution is 0.0692. The van der Waals surface area contributed by atoms with E-state index in [0.717, 1.165) is 0 Å². The SMILES string of the molecule is Cc1c(C(=O)O)c(Oc2cccc(C3CC3)c2)nn2cncc12. The molecule has 0 aliphatic heterocycles. The molecule has 1 aliphatic carbocycles. The number of aromatic nitrogens is 3. The van der Waals surface area contributed by atoms with Gasteiger partial charge in [-0.3, -0.25) is 0 Å². The van der Waals surface area contributed by atoms with Crippen molar-refractivity contribution in [1.29, 1.82) is 0 Å². The lowest BCUT2D eigenvalue weighted by atomic mass is 10.1. The third-order valence-electron chi connectivity index (χ3n) is 4.13. The number of carbonyl (C=O) groups is 1. The van der Waals surface area contributed by atoms with E-state index in [0.29, 0.717) is 22.7 Å². The van der Waals surface area contributed by atoms with Crippen molar-refractivity contribution in [2.75, 3.05) is 0 Å². The maximum Gasteiger partial charge on any atom is 0.341 e. The number of hydrogen-bond donors (Lipinski definition) is 1. The summed E-state index contributed by atoms with van der Waals surface area (Å²) in [7, 11) is 0. The summed E-state index contributed by atoms with van der Waals surface area (Å²) in [5.41, 5.74) is 2.52. The highest BCUT2D eigenvalue weighted by molar-refractivity contribution is 5.94. The average Bonchev–Trinajstić information content (AvgIpc) is 3.26. The van der Waals surface area contributed by atoms with E-state index in [1.54, 1.807) is 13.1 Å². The van der Waals surface area contributed by atoms with Crippen LogP contribution in [-0.2, 0) is 0 Å². The van der Waals surface area contributed by atoms with Crippen molar-refractivity contribution in [3.8, 4) is 11.6 Å². The van der Waals surface area contributed by atoms with Crippen LogP contribution in [0.1, 0.15) is 40.2 Å². The van der Waals surface area contributed by atoms with Gasteiger partial charge < -0.3 is 9.84 Å². The third kappa shape index (κ3) is 2.42. The van der Waals surface area contributed by atoms with E-state index in [1.807, 2.05) is 18.2 Å². The second kappa shape index (κ2) is 5.08. The van der Waals surface area contributed by atoms with Crippen molar-refractivity contribution in [2.45, 2.75) is 25.7 Å². The van der Waals surface area contributed by atoms with Gasteiger partial charge in [0, 0.05) is 0 Å². The van der Waals surface area contributed by atoms with Crippen LogP contribution >= 0.6 is 0 Å². The molecule has 1 aromatic carbocycles. The molecule has 0 bridgehead atoms. The summed E-state index contributed by atoms with van der Waals surface area (Å²) in [5.74, 6) is 0.215. The molecule has 2 aromatic heterocycles. The van der Waals surface area contributed by atoms with Crippen LogP contribution in [0.5, 0.6) is 11.6 Å². The monoisotopic (exact) mass is 309 g/mol. The molecule has 0 spiro atoms. The largest absolute Gasteiger partial charge is 0.477 e. The van der Waals surface area contributed by atoms with Crippen LogP contribution in [-0.4, -0.2) is 25.7 Å². The first-order chi connectivity index (χ1) is 11.1. The molecule has 1 fully saturated rings. The van der Waals surface area contributed by atoms with Crippen LogP contribution in [0.2, 0.25) is 0 Å². The zero-order valence-electron chi connectivity index (χ0n) is 12.6. The number of aryl methyl sites for hydroxylation is 1. The molecule has 0 unspecified atom stereocenters. The molecule has 0 saturated heterocycles. The van der Waals surface area contributed by atoms with Crippen LogP contribution in [0, 0.1) is 6.92 Å². The Morgan fingerprint density at radius 1 is 1.39 bits per heavy atom. The summed E-state index contributed by atoms with van der Waals surface area (Å²) in [6.07, 6.45) is 5.51. The summed E-state index contributed by atoms with van der Waals surface area (Å²) in [6.45, 7) is 1.73. The highest BCUT2D eigenvalue weighted by Gasteiger charge is 2.24. The summed E-state index contributed by atoms with van der Waals surface area (Å²) in [6, 6.07) is 7.76. The molecule has 4 rings (SSSR count). The summed E-state index contributed by atoms with van der Waals surface area (Å²) < 4.78 is 7.34. The van der Waals surface area contributed by atoms with Crippen LogP contribution in [0.15, 0.2) is 36.8 Å². The van der Waals surface area contributed by atoms with Crippen molar-refractivity contribution < 1.29 is 14.6 Å². The lowest BCUT2D eigenvalue weighted by Gasteiger charge is -2.11. The number of nitrogens with zero attached hydrogens (tertiary/aromatic N) is 3. The molecule has 23 heavy (non-hydrogen) atoms. The van der Waals surface area contributed by atoms with E-state index in [4.69, 9.17) is 4.74 Å². The quantitative estimate of drug-likeness (QED) is 0.799. The number of fused-ring (bicyclic) bond motifs is 1.